The van der Waals surface area contributed by atoms with Crippen LogP contribution in [-0.2, 0) is 22.4 Å². The molecule has 0 saturated carbocycles. The standard InChI is InChI=1S/C23H29NO8/c1-4-15-16(12-21(29)24(7-9-25)8-10-31-2)22(19(28)13-18(15)27)23(30)14-5-6-17(26)20(11-14)32-3/h5-6,11,13,25-28H,4,7-10,12H2,1-3H3. The molecule has 174 valence electrons. The molecule has 0 aromatic heterocycles. The molecular weight excluding hydrogens is 418 g/mol. The quantitative estimate of drug-likeness (QED) is 0.382. The summed E-state index contributed by atoms with van der Waals surface area (Å²) in [6.07, 6.45) is 0.0388. The SMILES string of the molecule is CCc1c(O)cc(O)c(C(=O)c2ccc(O)c(OC)c2)c1CC(=O)N(CCO)CCOC. The summed E-state index contributed by atoms with van der Waals surface area (Å²) in [4.78, 5) is 27.7. The molecule has 9 heteroatoms. The first-order valence-electron chi connectivity index (χ1n) is 10.1. The number of methoxy groups -OCH3 is 2. The molecule has 0 bridgehead atoms. The first-order valence-corrected chi connectivity index (χ1v) is 10.1. The maximum atomic E-state index is 13.3. The van der Waals surface area contributed by atoms with Crippen molar-refractivity contribution in [2.45, 2.75) is 19.8 Å². The molecule has 0 aliphatic heterocycles. The highest BCUT2D eigenvalue weighted by Crippen LogP contribution is 2.36. The normalized spacial score (nSPS) is 10.8. The maximum Gasteiger partial charge on any atom is 0.227 e. The molecule has 0 heterocycles. The third-order valence-electron chi connectivity index (χ3n) is 5.14. The van der Waals surface area contributed by atoms with Gasteiger partial charge in [-0.15, -0.1) is 0 Å². The molecule has 0 radical (unpaired) electrons. The van der Waals surface area contributed by atoms with Gasteiger partial charge in [-0.05, 0) is 35.7 Å². The molecule has 0 atom stereocenters. The number of benzene rings is 2. The minimum atomic E-state index is -0.594. The fourth-order valence-electron chi connectivity index (χ4n) is 3.50. The Morgan fingerprint density at radius 2 is 1.69 bits per heavy atom. The van der Waals surface area contributed by atoms with Crippen LogP contribution in [0.3, 0.4) is 0 Å². The maximum absolute atomic E-state index is 13.3. The first-order chi connectivity index (χ1) is 15.3. The lowest BCUT2D eigenvalue weighted by Crippen LogP contribution is -2.37. The van der Waals surface area contributed by atoms with Crippen LogP contribution in [-0.4, -0.2) is 77.5 Å². The van der Waals surface area contributed by atoms with Gasteiger partial charge in [-0.2, -0.15) is 0 Å². The van der Waals surface area contributed by atoms with Crippen LogP contribution in [0.15, 0.2) is 24.3 Å². The number of hydrogen-bond donors (Lipinski definition) is 4. The number of rotatable bonds is 11. The molecule has 2 rings (SSSR count). The Labute approximate surface area is 186 Å². The predicted molar refractivity (Wildman–Crippen MR) is 116 cm³/mol. The lowest BCUT2D eigenvalue weighted by Gasteiger charge is -2.23. The summed E-state index contributed by atoms with van der Waals surface area (Å²) < 4.78 is 10.1. The van der Waals surface area contributed by atoms with Crippen LogP contribution in [0.2, 0.25) is 0 Å². The van der Waals surface area contributed by atoms with Crippen LogP contribution in [0.25, 0.3) is 0 Å². The largest absolute Gasteiger partial charge is 0.508 e. The summed E-state index contributed by atoms with van der Waals surface area (Å²) in [5, 5.41) is 40.0. The minimum Gasteiger partial charge on any atom is -0.508 e. The third-order valence-corrected chi connectivity index (χ3v) is 5.14. The van der Waals surface area contributed by atoms with Gasteiger partial charge in [0, 0.05) is 31.8 Å². The van der Waals surface area contributed by atoms with Crippen molar-refractivity contribution in [2.75, 3.05) is 40.5 Å². The zero-order valence-electron chi connectivity index (χ0n) is 18.4. The molecule has 4 N–H and O–H groups in total. The highest BCUT2D eigenvalue weighted by Gasteiger charge is 2.27. The lowest BCUT2D eigenvalue weighted by molar-refractivity contribution is -0.131. The Hall–Kier alpha value is -3.30. The van der Waals surface area contributed by atoms with Crippen LogP contribution in [0.1, 0.15) is 34.0 Å². The molecule has 9 nitrogen and oxygen atoms in total. The van der Waals surface area contributed by atoms with E-state index in [2.05, 4.69) is 0 Å². The number of carbonyl (C=O) groups is 2. The Bertz CT molecular complexity index is 973. The van der Waals surface area contributed by atoms with Gasteiger partial charge in [0.1, 0.15) is 11.5 Å². The number of hydrogen-bond acceptors (Lipinski definition) is 8. The molecule has 0 aliphatic carbocycles. The number of amides is 1. The van der Waals surface area contributed by atoms with E-state index in [-0.39, 0.29) is 66.7 Å². The summed E-state index contributed by atoms with van der Waals surface area (Å²) in [6.45, 7) is 2.08. The number of nitrogens with zero attached hydrogens (tertiary/aromatic N) is 1. The molecule has 1 amide bonds. The zero-order valence-corrected chi connectivity index (χ0v) is 18.4. The number of ether oxygens (including phenoxy) is 2. The van der Waals surface area contributed by atoms with Crippen LogP contribution in [0.4, 0.5) is 0 Å². The van der Waals surface area contributed by atoms with Crippen LogP contribution in [0, 0.1) is 0 Å². The van der Waals surface area contributed by atoms with E-state index in [0.29, 0.717) is 12.0 Å². The topological polar surface area (TPSA) is 137 Å². The van der Waals surface area contributed by atoms with Gasteiger partial charge < -0.3 is 34.8 Å². The molecule has 0 unspecified atom stereocenters. The number of phenols is 3. The van der Waals surface area contributed by atoms with Crippen LogP contribution >= 0.6 is 0 Å². The van der Waals surface area contributed by atoms with Gasteiger partial charge in [-0.1, -0.05) is 6.92 Å². The van der Waals surface area contributed by atoms with Gasteiger partial charge in [0.05, 0.1) is 32.3 Å². The average molecular weight is 447 g/mol. The van der Waals surface area contributed by atoms with Crippen molar-refractivity contribution in [3.8, 4) is 23.0 Å². The van der Waals surface area contributed by atoms with E-state index in [1.54, 1.807) is 6.92 Å². The first kappa shape index (κ1) is 25.0. The van der Waals surface area contributed by atoms with Gasteiger partial charge in [-0.25, -0.2) is 0 Å². The van der Waals surface area contributed by atoms with E-state index in [0.717, 1.165) is 6.07 Å². The van der Waals surface area contributed by atoms with Crippen molar-refractivity contribution in [1.29, 1.82) is 0 Å². The number of aliphatic hydroxyl groups excluding tert-OH is 1. The Morgan fingerprint density at radius 3 is 2.28 bits per heavy atom. The third kappa shape index (κ3) is 5.49. The van der Waals surface area contributed by atoms with Crippen molar-refractivity contribution in [1.82, 2.24) is 4.90 Å². The molecule has 2 aromatic rings. The molecule has 0 saturated heterocycles. The number of aliphatic hydroxyl groups is 1. The Balaban J connectivity index is 2.57. The van der Waals surface area contributed by atoms with Gasteiger partial charge in [0.25, 0.3) is 0 Å². The Kier molecular flexibility index (Phi) is 8.86. The Morgan fingerprint density at radius 1 is 0.969 bits per heavy atom. The van der Waals surface area contributed by atoms with E-state index in [9.17, 15) is 30.0 Å². The zero-order chi connectivity index (χ0) is 23.8. The number of phenolic OH excluding ortho intramolecular Hbond substituents is 3. The molecular formula is C23H29NO8. The summed E-state index contributed by atoms with van der Waals surface area (Å²) in [6, 6.07) is 5.08. The minimum absolute atomic E-state index is 0.0763. The molecule has 32 heavy (non-hydrogen) atoms. The second kappa shape index (κ2) is 11.4. The molecule has 0 spiro atoms. The number of aromatic hydroxyl groups is 3. The summed E-state index contributed by atoms with van der Waals surface area (Å²) >= 11 is 0. The second-order valence-corrected chi connectivity index (χ2v) is 7.09. The second-order valence-electron chi connectivity index (χ2n) is 7.09. The molecule has 2 aromatic carbocycles. The summed E-state index contributed by atoms with van der Waals surface area (Å²) in [5.74, 6) is -1.75. The van der Waals surface area contributed by atoms with Crippen LogP contribution in [0.5, 0.6) is 23.0 Å². The summed E-state index contributed by atoms with van der Waals surface area (Å²) in [5.41, 5.74) is 0.577. The smallest absolute Gasteiger partial charge is 0.227 e. The van der Waals surface area contributed by atoms with Crippen LogP contribution < -0.4 is 4.74 Å². The predicted octanol–water partition coefficient (Wildman–Crippen LogP) is 1.62. The number of carbonyl (C=O) groups excluding carboxylic acids is 2. The van der Waals surface area contributed by atoms with Gasteiger partial charge >= 0.3 is 0 Å². The fourth-order valence-corrected chi connectivity index (χ4v) is 3.50. The van der Waals surface area contributed by atoms with E-state index in [4.69, 9.17) is 9.47 Å². The summed E-state index contributed by atoms with van der Waals surface area (Å²) in [7, 11) is 2.84. The van der Waals surface area contributed by atoms with E-state index >= 15 is 0 Å². The monoisotopic (exact) mass is 447 g/mol. The van der Waals surface area contributed by atoms with E-state index < -0.39 is 17.4 Å². The van der Waals surface area contributed by atoms with Gasteiger partial charge in [0.2, 0.25) is 5.91 Å². The van der Waals surface area contributed by atoms with Crippen molar-refractivity contribution in [3.05, 3.63) is 46.5 Å². The van der Waals surface area contributed by atoms with Gasteiger partial charge in [0.15, 0.2) is 17.3 Å². The van der Waals surface area contributed by atoms with Crippen molar-refractivity contribution in [2.24, 2.45) is 0 Å². The molecule has 0 aliphatic rings. The highest BCUT2D eigenvalue weighted by molar-refractivity contribution is 6.12. The van der Waals surface area contributed by atoms with E-state index in [1.165, 1.54) is 37.3 Å². The van der Waals surface area contributed by atoms with Crippen molar-refractivity contribution >= 4 is 11.7 Å². The highest BCUT2D eigenvalue weighted by atomic mass is 16.5. The fraction of sp³-hybridized carbons (Fsp3) is 0.391. The van der Waals surface area contributed by atoms with Crippen molar-refractivity contribution < 1.29 is 39.5 Å². The average Bonchev–Trinajstić information content (AvgIpc) is 2.76. The van der Waals surface area contributed by atoms with E-state index in [1.807, 2.05) is 0 Å². The molecule has 0 fully saturated rings. The lowest BCUT2D eigenvalue weighted by atomic mass is 9.89. The van der Waals surface area contributed by atoms with Crippen molar-refractivity contribution in [3.63, 3.8) is 0 Å². The number of ketones is 1. The van der Waals surface area contributed by atoms with Gasteiger partial charge in [-0.3, -0.25) is 9.59 Å².